The van der Waals surface area contributed by atoms with E-state index in [0.29, 0.717) is 53.3 Å². The highest BCUT2D eigenvalue weighted by molar-refractivity contribution is 6.34. The van der Waals surface area contributed by atoms with E-state index in [4.69, 9.17) is 25.8 Å². The number of rotatable bonds is 7. The van der Waals surface area contributed by atoms with Crippen LogP contribution in [0.25, 0.3) is 0 Å². The summed E-state index contributed by atoms with van der Waals surface area (Å²) in [5.74, 6) is 0.577. The lowest BCUT2D eigenvalue weighted by molar-refractivity contribution is -0.118. The van der Waals surface area contributed by atoms with Crippen molar-refractivity contribution in [3.05, 3.63) is 47.0 Å². The van der Waals surface area contributed by atoms with E-state index in [-0.39, 0.29) is 17.7 Å². The summed E-state index contributed by atoms with van der Waals surface area (Å²) >= 11 is 6.29. The van der Waals surface area contributed by atoms with Gasteiger partial charge in [-0.15, -0.1) is 0 Å². The van der Waals surface area contributed by atoms with E-state index in [1.165, 1.54) is 0 Å². The van der Waals surface area contributed by atoms with Gasteiger partial charge in [0.05, 0.1) is 22.9 Å². The number of para-hydroxylation sites is 1. The van der Waals surface area contributed by atoms with Crippen LogP contribution in [-0.4, -0.2) is 37.7 Å². The van der Waals surface area contributed by atoms with Crippen LogP contribution >= 0.6 is 11.6 Å². The third-order valence-electron chi connectivity index (χ3n) is 4.56. The number of nitrogens with one attached hydrogen (secondary N) is 2. The number of amides is 2. The predicted octanol–water partition coefficient (Wildman–Crippen LogP) is 3.90. The molecule has 0 aliphatic carbocycles. The number of hydrogen-bond acceptors (Lipinski definition) is 5. The van der Waals surface area contributed by atoms with Crippen molar-refractivity contribution in [2.24, 2.45) is 5.92 Å². The van der Waals surface area contributed by atoms with Gasteiger partial charge in [0.15, 0.2) is 11.5 Å². The maximum absolute atomic E-state index is 13.0. The van der Waals surface area contributed by atoms with Gasteiger partial charge in [-0.05, 0) is 25.0 Å². The molecule has 1 heterocycles. The molecule has 1 aliphatic rings. The average Bonchev–Trinajstić information content (AvgIpc) is 2.72. The largest absolute Gasteiger partial charge is 0.493 e. The predicted molar refractivity (Wildman–Crippen MR) is 115 cm³/mol. The fraction of sp³-hybridized carbons (Fsp3) is 0.364. The van der Waals surface area contributed by atoms with E-state index >= 15 is 0 Å². The first-order chi connectivity index (χ1) is 14.4. The standard InChI is InChI=1S/C22H25ClN2O5/c1-4-28-17-8-6-5-7-14(17)21(26)25-20(13(2)3)22(27)24-16-12-19-18(11-15(16)23)29-9-10-30-19/h5-8,11-13,20H,4,9-10H2,1-3H3,(H,24,27)(H,25,26)/t20-/m0/s1. The van der Waals surface area contributed by atoms with Gasteiger partial charge in [-0.3, -0.25) is 9.59 Å². The second-order valence-electron chi connectivity index (χ2n) is 7.09. The second-order valence-corrected chi connectivity index (χ2v) is 7.50. The first kappa shape index (κ1) is 21.8. The van der Waals surface area contributed by atoms with Gasteiger partial charge in [0, 0.05) is 12.1 Å². The molecule has 3 rings (SSSR count). The van der Waals surface area contributed by atoms with Crippen LogP contribution in [-0.2, 0) is 4.79 Å². The Hall–Kier alpha value is -2.93. The minimum absolute atomic E-state index is 0.163. The van der Waals surface area contributed by atoms with Gasteiger partial charge in [0.1, 0.15) is 25.0 Å². The van der Waals surface area contributed by atoms with Gasteiger partial charge in [0.25, 0.3) is 5.91 Å². The maximum atomic E-state index is 13.0. The number of anilines is 1. The molecule has 0 bridgehead atoms. The molecule has 0 spiro atoms. The van der Waals surface area contributed by atoms with Crippen LogP contribution in [0.3, 0.4) is 0 Å². The number of halogens is 1. The van der Waals surface area contributed by atoms with E-state index in [1.807, 2.05) is 20.8 Å². The highest BCUT2D eigenvalue weighted by atomic mass is 35.5. The van der Waals surface area contributed by atoms with Crippen LogP contribution in [0.1, 0.15) is 31.1 Å². The SMILES string of the molecule is CCOc1ccccc1C(=O)N[C@H](C(=O)Nc1cc2c(cc1Cl)OCCO2)C(C)C. The van der Waals surface area contributed by atoms with Crippen molar-refractivity contribution in [1.82, 2.24) is 5.32 Å². The van der Waals surface area contributed by atoms with Crippen LogP contribution in [0.2, 0.25) is 5.02 Å². The zero-order valence-electron chi connectivity index (χ0n) is 17.2. The third-order valence-corrected chi connectivity index (χ3v) is 4.87. The fourth-order valence-electron chi connectivity index (χ4n) is 3.06. The molecule has 30 heavy (non-hydrogen) atoms. The molecule has 0 radical (unpaired) electrons. The van der Waals surface area contributed by atoms with Crippen LogP contribution in [0, 0.1) is 5.92 Å². The Kier molecular flexibility index (Phi) is 7.05. The van der Waals surface area contributed by atoms with Crippen molar-refractivity contribution in [2.45, 2.75) is 26.8 Å². The average molecular weight is 433 g/mol. The summed E-state index contributed by atoms with van der Waals surface area (Å²) in [6.45, 7) is 6.84. The highest BCUT2D eigenvalue weighted by Gasteiger charge is 2.27. The zero-order chi connectivity index (χ0) is 21.7. The lowest BCUT2D eigenvalue weighted by Crippen LogP contribution is -2.47. The van der Waals surface area contributed by atoms with Gasteiger partial charge in [0.2, 0.25) is 5.91 Å². The molecule has 160 valence electrons. The van der Waals surface area contributed by atoms with Crippen LogP contribution < -0.4 is 24.8 Å². The van der Waals surface area contributed by atoms with Gasteiger partial charge in [-0.25, -0.2) is 0 Å². The van der Waals surface area contributed by atoms with E-state index in [1.54, 1.807) is 36.4 Å². The number of hydrogen-bond donors (Lipinski definition) is 2. The smallest absolute Gasteiger partial charge is 0.255 e. The Labute approximate surface area is 180 Å². The zero-order valence-corrected chi connectivity index (χ0v) is 17.9. The summed E-state index contributed by atoms with van der Waals surface area (Å²) in [6.07, 6.45) is 0. The first-order valence-electron chi connectivity index (χ1n) is 9.83. The topological polar surface area (TPSA) is 85.9 Å². The number of carbonyl (C=O) groups excluding carboxylic acids is 2. The molecule has 0 unspecified atom stereocenters. The highest BCUT2D eigenvalue weighted by Crippen LogP contribution is 2.38. The van der Waals surface area contributed by atoms with Gasteiger partial charge in [-0.1, -0.05) is 37.6 Å². The molecule has 2 aromatic rings. The minimum atomic E-state index is -0.781. The molecule has 7 nitrogen and oxygen atoms in total. The Bertz CT molecular complexity index is 932. The summed E-state index contributed by atoms with van der Waals surface area (Å²) < 4.78 is 16.6. The first-order valence-corrected chi connectivity index (χ1v) is 10.2. The van der Waals surface area contributed by atoms with E-state index < -0.39 is 6.04 Å². The molecule has 0 fully saturated rings. The monoisotopic (exact) mass is 432 g/mol. The molecular weight excluding hydrogens is 408 g/mol. The van der Waals surface area contributed by atoms with Crippen molar-refractivity contribution >= 4 is 29.1 Å². The molecule has 2 N–H and O–H groups in total. The van der Waals surface area contributed by atoms with Gasteiger partial charge < -0.3 is 24.8 Å². The van der Waals surface area contributed by atoms with E-state index in [2.05, 4.69) is 10.6 Å². The maximum Gasteiger partial charge on any atom is 0.255 e. The Morgan fingerprint density at radius 2 is 1.80 bits per heavy atom. The molecule has 1 aliphatic heterocycles. The number of fused-ring (bicyclic) bond motifs is 1. The lowest BCUT2D eigenvalue weighted by atomic mass is 10.0. The Balaban J connectivity index is 1.77. The van der Waals surface area contributed by atoms with Crippen molar-refractivity contribution in [1.29, 1.82) is 0 Å². The van der Waals surface area contributed by atoms with Crippen LogP contribution in [0.5, 0.6) is 17.2 Å². The normalized spacial score (nSPS) is 13.5. The molecule has 0 aromatic heterocycles. The summed E-state index contributed by atoms with van der Waals surface area (Å²) in [5, 5.41) is 5.91. The van der Waals surface area contributed by atoms with Crippen LogP contribution in [0.4, 0.5) is 5.69 Å². The minimum Gasteiger partial charge on any atom is -0.493 e. The summed E-state index contributed by atoms with van der Waals surface area (Å²) in [7, 11) is 0. The second kappa shape index (κ2) is 9.71. The van der Waals surface area contributed by atoms with Crippen LogP contribution in [0.15, 0.2) is 36.4 Å². The molecule has 2 amide bonds. The van der Waals surface area contributed by atoms with E-state index in [0.717, 1.165) is 0 Å². The third kappa shape index (κ3) is 4.97. The Morgan fingerprint density at radius 1 is 1.13 bits per heavy atom. The molecule has 0 saturated heterocycles. The Morgan fingerprint density at radius 3 is 2.47 bits per heavy atom. The van der Waals surface area contributed by atoms with Crippen molar-refractivity contribution < 1.29 is 23.8 Å². The number of ether oxygens (including phenoxy) is 3. The lowest BCUT2D eigenvalue weighted by Gasteiger charge is -2.24. The summed E-state index contributed by atoms with van der Waals surface area (Å²) in [5.41, 5.74) is 0.760. The van der Waals surface area contributed by atoms with Crippen molar-refractivity contribution in [3.63, 3.8) is 0 Å². The quantitative estimate of drug-likeness (QED) is 0.693. The molecule has 1 atom stereocenters. The molecule has 8 heteroatoms. The van der Waals surface area contributed by atoms with Crippen molar-refractivity contribution in [3.8, 4) is 17.2 Å². The number of carbonyl (C=O) groups is 2. The molecular formula is C22H25ClN2O5. The fourth-order valence-corrected chi connectivity index (χ4v) is 3.26. The summed E-state index contributed by atoms with van der Waals surface area (Å²) in [4.78, 5) is 25.8. The molecule has 2 aromatic carbocycles. The number of benzene rings is 2. The van der Waals surface area contributed by atoms with Crippen molar-refractivity contribution in [2.75, 3.05) is 25.1 Å². The van der Waals surface area contributed by atoms with Gasteiger partial charge in [-0.2, -0.15) is 0 Å². The van der Waals surface area contributed by atoms with Gasteiger partial charge >= 0.3 is 0 Å². The molecule has 0 saturated carbocycles. The summed E-state index contributed by atoms with van der Waals surface area (Å²) in [6, 6.07) is 9.36. The van der Waals surface area contributed by atoms with E-state index in [9.17, 15) is 9.59 Å².